The monoisotopic (exact) mass is 261 g/mol. The molecule has 0 spiro atoms. The fourth-order valence-corrected chi connectivity index (χ4v) is 1.65. The minimum absolute atomic E-state index is 0.243. The van der Waals surface area contributed by atoms with Crippen molar-refractivity contribution in [1.29, 1.82) is 0 Å². The maximum absolute atomic E-state index is 9.18. The number of aliphatic hydroxyl groups is 2. The zero-order valence-electron chi connectivity index (χ0n) is 10.8. The van der Waals surface area contributed by atoms with Crippen LogP contribution in [0.2, 0.25) is 0 Å². The predicted octanol–water partition coefficient (Wildman–Crippen LogP) is 1.01. The van der Waals surface area contributed by atoms with E-state index in [0.29, 0.717) is 18.8 Å². The SMILES string of the molecule is Cn1cc(-c2c[c]c(OCCC(O)CO)cc2)cn1. The van der Waals surface area contributed by atoms with Crippen molar-refractivity contribution in [2.24, 2.45) is 7.05 Å². The standard InChI is InChI=1S/C14H17N2O3/c1-16-9-12(8-15-16)11-2-4-14(5-3-11)19-7-6-13(18)10-17/h2-4,8-9,13,17-18H,6-7,10H2,1H3. The normalized spacial score (nSPS) is 12.4. The van der Waals surface area contributed by atoms with Crippen molar-refractivity contribution in [3.8, 4) is 16.9 Å². The number of aromatic nitrogens is 2. The summed E-state index contributed by atoms with van der Waals surface area (Å²) in [6, 6.07) is 8.64. The van der Waals surface area contributed by atoms with Crippen molar-refractivity contribution in [2.45, 2.75) is 12.5 Å². The summed E-state index contributed by atoms with van der Waals surface area (Å²) in [7, 11) is 1.87. The number of benzene rings is 1. The van der Waals surface area contributed by atoms with Crippen molar-refractivity contribution in [3.05, 3.63) is 36.7 Å². The van der Waals surface area contributed by atoms with Crippen molar-refractivity contribution in [1.82, 2.24) is 9.78 Å². The number of ether oxygens (including phenoxy) is 1. The molecule has 0 fully saturated rings. The van der Waals surface area contributed by atoms with Crippen LogP contribution in [0.25, 0.3) is 11.1 Å². The molecule has 5 heteroatoms. The van der Waals surface area contributed by atoms with E-state index in [1.165, 1.54) is 0 Å². The average molecular weight is 261 g/mol. The molecule has 0 amide bonds. The summed E-state index contributed by atoms with van der Waals surface area (Å²) < 4.78 is 7.17. The lowest BCUT2D eigenvalue weighted by atomic mass is 10.1. The van der Waals surface area contributed by atoms with E-state index in [-0.39, 0.29) is 6.61 Å². The summed E-state index contributed by atoms with van der Waals surface area (Å²) in [4.78, 5) is 0. The maximum atomic E-state index is 9.18. The van der Waals surface area contributed by atoms with Gasteiger partial charge in [0.05, 0.1) is 25.5 Å². The van der Waals surface area contributed by atoms with Gasteiger partial charge in [0.1, 0.15) is 5.75 Å². The van der Waals surface area contributed by atoms with Crippen LogP contribution < -0.4 is 4.74 Å². The molecule has 1 aromatic carbocycles. The Hall–Kier alpha value is -1.85. The first-order valence-corrected chi connectivity index (χ1v) is 6.11. The summed E-state index contributed by atoms with van der Waals surface area (Å²) in [6.07, 6.45) is 3.40. The third-order valence-electron chi connectivity index (χ3n) is 2.74. The van der Waals surface area contributed by atoms with Crippen LogP contribution >= 0.6 is 0 Å². The summed E-state index contributed by atoms with van der Waals surface area (Å²) in [5.74, 6) is 0.623. The molecule has 1 atom stereocenters. The van der Waals surface area contributed by atoms with Crippen LogP contribution in [0.1, 0.15) is 6.42 Å². The first-order chi connectivity index (χ1) is 9.19. The number of hydrogen-bond donors (Lipinski definition) is 2. The van der Waals surface area contributed by atoms with E-state index >= 15 is 0 Å². The molecule has 1 aromatic heterocycles. The number of nitrogens with zero attached hydrogens (tertiary/aromatic N) is 2. The van der Waals surface area contributed by atoms with Gasteiger partial charge in [-0.15, -0.1) is 0 Å². The fourth-order valence-electron chi connectivity index (χ4n) is 1.65. The van der Waals surface area contributed by atoms with Crippen LogP contribution in [0.4, 0.5) is 0 Å². The van der Waals surface area contributed by atoms with E-state index in [0.717, 1.165) is 11.1 Å². The Morgan fingerprint density at radius 1 is 1.42 bits per heavy atom. The van der Waals surface area contributed by atoms with Gasteiger partial charge in [0, 0.05) is 31.3 Å². The Kier molecular flexibility index (Phi) is 4.54. The number of aliphatic hydroxyl groups excluding tert-OH is 2. The Labute approximate surface area is 112 Å². The van der Waals surface area contributed by atoms with E-state index in [9.17, 15) is 5.11 Å². The molecule has 19 heavy (non-hydrogen) atoms. The van der Waals surface area contributed by atoms with Crippen molar-refractivity contribution in [2.75, 3.05) is 13.2 Å². The third-order valence-corrected chi connectivity index (χ3v) is 2.74. The summed E-state index contributed by atoms with van der Waals surface area (Å²) >= 11 is 0. The summed E-state index contributed by atoms with van der Waals surface area (Å²) in [6.45, 7) is 0.109. The molecule has 0 saturated heterocycles. The Morgan fingerprint density at radius 2 is 2.26 bits per heavy atom. The zero-order chi connectivity index (χ0) is 13.7. The first-order valence-electron chi connectivity index (χ1n) is 6.11. The van der Waals surface area contributed by atoms with Gasteiger partial charge < -0.3 is 14.9 Å². The van der Waals surface area contributed by atoms with Gasteiger partial charge in [-0.05, 0) is 17.7 Å². The first kappa shape index (κ1) is 13.6. The highest BCUT2D eigenvalue weighted by molar-refractivity contribution is 5.62. The lowest BCUT2D eigenvalue weighted by Gasteiger charge is -2.09. The lowest BCUT2D eigenvalue weighted by Crippen LogP contribution is -2.15. The molecule has 2 rings (SSSR count). The average Bonchev–Trinajstić information content (AvgIpc) is 2.86. The molecule has 0 bridgehead atoms. The lowest BCUT2D eigenvalue weighted by molar-refractivity contribution is 0.0754. The van der Waals surface area contributed by atoms with Crippen LogP contribution in [-0.2, 0) is 7.05 Å². The fraction of sp³-hybridized carbons (Fsp3) is 0.357. The second-order valence-electron chi connectivity index (χ2n) is 4.32. The maximum Gasteiger partial charge on any atom is 0.127 e. The van der Waals surface area contributed by atoms with Gasteiger partial charge in [-0.1, -0.05) is 6.07 Å². The van der Waals surface area contributed by atoms with Gasteiger partial charge in [0.15, 0.2) is 0 Å². The van der Waals surface area contributed by atoms with E-state index in [1.807, 2.05) is 31.4 Å². The molecular formula is C14H17N2O3. The molecule has 2 N–H and O–H groups in total. The number of aryl methyl sites for hydroxylation is 1. The molecule has 0 aliphatic carbocycles. The van der Waals surface area contributed by atoms with Crippen molar-refractivity contribution in [3.63, 3.8) is 0 Å². The molecule has 101 valence electrons. The van der Waals surface area contributed by atoms with E-state index in [4.69, 9.17) is 9.84 Å². The highest BCUT2D eigenvalue weighted by atomic mass is 16.5. The van der Waals surface area contributed by atoms with Gasteiger partial charge in [0.25, 0.3) is 0 Å². The summed E-state index contributed by atoms with van der Waals surface area (Å²) in [5.41, 5.74) is 2.05. The quantitative estimate of drug-likeness (QED) is 0.814. The van der Waals surface area contributed by atoms with Gasteiger partial charge in [-0.25, -0.2) is 0 Å². The van der Waals surface area contributed by atoms with Gasteiger partial charge in [-0.2, -0.15) is 5.10 Å². The minimum Gasteiger partial charge on any atom is -0.493 e. The molecule has 1 unspecified atom stereocenters. The van der Waals surface area contributed by atoms with E-state index < -0.39 is 6.10 Å². The van der Waals surface area contributed by atoms with Crippen molar-refractivity contribution >= 4 is 0 Å². The molecule has 0 aliphatic heterocycles. The second kappa shape index (κ2) is 6.36. The molecule has 0 aliphatic rings. The van der Waals surface area contributed by atoms with Crippen LogP contribution in [0, 0.1) is 6.07 Å². The molecule has 1 radical (unpaired) electrons. The number of hydrogen-bond acceptors (Lipinski definition) is 4. The number of rotatable bonds is 6. The Bertz CT molecular complexity index is 508. The van der Waals surface area contributed by atoms with Crippen LogP contribution in [0.3, 0.4) is 0 Å². The largest absolute Gasteiger partial charge is 0.493 e. The molecular weight excluding hydrogens is 244 g/mol. The third kappa shape index (κ3) is 3.81. The molecule has 0 saturated carbocycles. The molecule has 2 aromatic rings. The summed E-state index contributed by atoms with van der Waals surface area (Å²) in [5, 5.41) is 22.0. The molecule has 1 heterocycles. The topological polar surface area (TPSA) is 67.5 Å². The van der Waals surface area contributed by atoms with Crippen LogP contribution in [-0.4, -0.2) is 39.3 Å². The smallest absolute Gasteiger partial charge is 0.127 e. The predicted molar refractivity (Wildman–Crippen MR) is 70.7 cm³/mol. The van der Waals surface area contributed by atoms with Crippen LogP contribution in [0.15, 0.2) is 30.6 Å². The van der Waals surface area contributed by atoms with Gasteiger partial charge in [-0.3, -0.25) is 4.68 Å². The Morgan fingerprint density at radius 3 is 2.84 bits per heavy atom. The van der Waals surface area contributed by atoms with Crippen LogP contribution in [0.5, 0.6) is 5.75 Å². The molecule has 5 nitrogen and oxygen atoms in total. The van der Waals surface area contributed by atoms with Gasteiger partial charge in [0.2, 0.25) is 0 Å². The van der Waals surface area contributed by atoms with Gasteiger partial charge >= 0.3 is 0 Å². The second-order valence-corrected chi connectivity index (χ2v) is 4.32. The minimum atomic E-state index is -0.727. The Balaban J connectivity index is 1.91. The zero-order valence-corrected chi connectivity index (χ0v) is 10.8. The van der Waals surface area contributed by atoms with E-state index in [2.05, 4.69) is 11.2 Å². The van der Waals surface area contributed by atoms with E-state index in [1.54, 1.807) is 10.9 Å². The highest BCUT2D eigenvalue weighted by Crippen LogP contribution is 2.21. The van der Waals surface area contributed by atoms with Crippen molar-refractivity contribution < 1.29 is 14.9 Å². The highest BCUT2D eigenvalue weighted by Gasteiger charge is 2.04.